The van der Waals surface area contributed by atoms with Gasteiger partial charge in [0.15, 0.2) is 11.2 Å². The molecule has 0 bridgehead atoms. The van der Waals surface area contributed by atoms with Crippen molar-refractivity contribution < 1.29 is 19.4 Å². The number of rotatable bonds is 4. The van der Waals surface area contributed by atoms with Crippen molar-refractivity contribution in [3.8, 4) is 5.69 Å². The number of carboxylic acid groups (broad SMARTS) is 1. The van der Waals surface area contributed by atoms with Crippen molar-refractivity contribution in [1.29, 1.82) is 0 Å². The maximum atomic E-state index is 13.6. The van der Waals surface area contributed by atoms with Crippen molar-refractivity contribution >= 4 is 28.0 Å². The van der Waals surface area contributed by atoms with Crippen molar-refractivity contribution in [2.24, 2.45) is 0 Å². The van der Waals surface area contributed by atoms with Gasteiger partial charge in [0.1, 0.15) is 5.82 Å². The van der Waals surface area contributed by atoms with E-state index < -0.39 is 11.6 Å². The van der Waals surface area contributed by atoms with E-state index in [2.05, 4.69) is 28.6 Å². The molecule has 1 aromatic carbocycles. The molecule has 0 aliphatic heterocycles. The Balaban J connectivity index is 1.81. The summed E-state index contributed by atoms with van der Waals surface area (Å²) in [6.45, 7) is 4.13. The van der Waals surface area contributed by atoms with Crippen LogP contribution < -0.4 is 0 Å². The molecule has 4 aromatic rings. The van der Waals surface area contributed by atoms with Gasteiger partial charge in [0.25, 0.3) is 0 Å². The van der Waals surface area contributed by atoms with Gasteiger partial charge in [-0.3, -0.25) is 5.10 Å². The van der Waals surface area contributed by atoms with Crippen molar-refractivity contribution in [3.63, 3.8) is 0 Å². The molecule has 0 radical (unpaired) electrons. The van der Waals surface area contributed by atoms with Gasteiger partial charge in [-0.2, -0.15) is 5.10 Å². The molecule has 8 heteroatoms. The van der Waals surface area contributed by atoms with Crippen LogP contribution in [0.2, 0.25) is 0 Å². The van der Waals surface area contributed by atoms with Crippen LogP contribution in [-0.4, -0.2) is 41.5 Å². The topological polar surface area (TPSA) is 104 Å². The Morgan fingerprint density at radius 1 is 1.30 bits per heavy atom. The van der Waals surface area contributed by atoms with E-state index in [1.165, 1.54) is 12.1 Å². The van der Waals surface area contributed by atoms with Gasteiger partial charge in [-0.25, -0.2) is 14.2 Å². The number of hydrogen-bond donors (Lipinski definition) is 3. The average molecular weight is 408 g/mol. The van der Waals surface area contributed by atoms with Crippen LogP contribution in [0, 0.1) is 5.82 Å². The molecule has 3 aromatic heterocycles. The summed E-state index contributed by atoms with van der Waals surface area (Å²) in [7, 11) is 0. The third-order valence-corrected chi connectivity index (χ3v) is 6.03. The number of benzene rings is 1. The Bertz CT molecular complexity index is 1280. The first-order chi connectivity index (χ1) is 14.3. The summed E-state index contributed by atoms with van der Waals surface area (Å²) in [6.07, 6.45) is 1.96. The Morgan fingerprint density at radius 3 is 2.63 bits per heavy atom. The number of carbonyl (C=O) groups is 1. The summed E-state index contributed by atoms with van der Waals surface area (Å²) >= 11 is 0. The van der Waals surface area contributed by atoms with Gasteiger partial charge in [0.05, 0.1) is 17.2 Å². The lowest BCUT2D eigenvalue weighted by Gasteiger charge is -2.40. The predicted molar refractivity (Wildman–Crippen MR) is 109 cm³/mol. The van der Waals surface area contributed by atoms with Gasteiger partial charge in [0.2, 0.25) is 0 Å². The number of H-pyrrole nitrogens is 1. The van der Waals surface area contributed by atoms with E-state index >= 15 is 0 Å². The second-order valence-corrected chi connectivity index (χ2v) is 8.37. The molecule has 0 unspecified atom stereocenters. The van der Waals surface area contributed by atoms with Crippen LogP contribution in [0.3, 0.4) is 0 Å². The van der Waals surface area contributed by atoms with Crippen LogP contribution in [0.15, 0.2) is 36.5 Å². The van der Waals surface area contributed by atoms with E-state index in [1.807, 2.05) is 6.07 Å². The van der Waals surface area contributed by atoms with E-state index in [1.54, 1.807) is 18.3 Å². The summed E-state index contributed by atoms with van der Waals surface area (Å²) in [5.41, 5.74) is 3.25. The number of nitrogens with one attached hydrogen (secondary N) is 1. The lowest BCUT2D eigenvalue weighted by molar-refractivity contribution is -0.169. The molecule has 7 nitrogen and oxygen atoms in total. The lowest BCUT2D eigenvalue weighted by atomic mass is 9.67. The third kappa shape index (κ3) is 2.64. The summed E-state index contributed by atoms with van der Waals surface area (Å²) < 4.78 is 15.6. The summed E-state index contributed by atoms with van der Waals surface area (Å²) in [4.78, 5) is 16.2. The van der Waals surface area contributed by atoms with Gasteiger partial charge >= 0.3 is 5.97 Å². The summed E-state index contributed by atoms with van der Waals surface area (Å²) in [6, 6.07) is 8.27. The number of aliphatic hydroxyl groups is 1. The van der Waals surface area contributed by atoms with Gasteiger partial charge < -0.3 is 14.8 Å². The molecule has 1 aliphatic carbocycles. The molecule has 30 heavy (non-hydrogen) atoms. The number of hydrogen-bond acceptors (Lipinski definition) is 4. The van der Waals surface area contributed by atoms with Gasteiger partial charge in [-0.1, -0.05) is 13.8 Å². The largest absolute Gasteiger partial charge is 0.479 e. The Hall–Kier alpha value is -3.26. The van der Waals surface area contributed by atoms with E-state index in [9.17, 15) is 19.4 Å². The number of aromatic nitrogens is 4. The molecule has 154 valence electrons. The first-order valence-corrected chi connectivity index (χ1v) is 9.88. The molecule has 1 saturated carbocycles. The van der Waals surface area contributed by atoms with E-state index in [-0.39, 0.29) is 30.5 Å². The average Bonchev–Trinajstić information content (AvgIpc) is 3.26. The maximum absolute atomic E-state index is 13.6. The first kappa shape index (κ1) is 18.7. The quantitative estimate of drug-likeness (QED) is 0.476. The van der Waals surface area contributed by atoms with Crippen LogP contribution in [-0.2, 0) is 4.79 Å². The molecule has 3 heterocycles. The number of aromatic amines is 1. The molecule has 0 atom stereocenters. The SMILES string of the molecule is CC(C)c1c(C2CC(O)(C(=O)O)C2)c2nc3[nH]ncc3cc2n1-c1ccc(F)cc1. The van der Waals surface area contributed by atoms with Gasteiger partial charge in [-0.15, -0.1) is 0 Å². The van der Waals surface area contributed by atoms with Crippen LogP contribution in [0.5, 0.6) is 0 Å². The molecule has 5 rings (SSSR count). The summed E-state index contributed by atoms with van der Waals surface area (Å²) in [5, 5.41) is 27.5. The maximum Gasteiger partial charge on any atom is 0.335 e. The highest BCUT2D eigenvalue weighted by Gasteiger charge is 2.51. The number of nitrogens with zero attached hydrogens (tertiary/aromatic N) is 3. The van der Waals surface area contributed by atoms with Crippen LogP contribution >= 0.6 is 0 Å². The van der Waals surface area contributed by atoms with Crippen molar-refractivity contribution in [3.05, 3.63) is 53.6 Å². The smallest absolute Gasteiger partial charge is 0.335 e. The van der Waals surface area contributed by atoms with Gasteiger partial charge in [-0.05, 0) is 55.0 Å². The van der Waals surface area contributed by atoms with E-state index in [4.69, 9.17) is 4.98 Å². The highest BCUT2D eigenvalue weighted by molar-refractivity contribution is 5.94. The minimum atomic E-state index is -1.71. The summed E-state index contributed by atoms with van der Waals surface area (Å²) in [5.74, 6) is -1.56. The molecule has 0 spiro atoms. The van der Waals surface area contributed by atoms with Crippen molar-refractivity contribution in [1.82, 2.24) is 19.7 Å². The first-order valence-electron chi connectivity index (χ1n) is 9.88. The molecule has 1 aliphatic rings. The zero-order chi connectivity index (χ0) is 21.2. The normalized spacial score (nSPS) is 21.4. The molecule has 3 N–H and O–H groups in total. The number of carboxylic acids is 1. The molecule has 1 fully saturated rings. The second kappa shape index (κ2) is 6.37. The second-order valence-electron chi connectivity index (χ2n) is 8.37. The minimum absolute atomic E-state index is 0.0919. The highest BCUT2D eigenvalue weighted by Crippen LogP contribution is 2.50. The Kier molecular flexibility index (Phi) is 3.98. The van der Waals surface area contributed by atoms with E-state index in [0.717, 1.165) is 33.4 Å². The van der Waals surface area contributed by atoms with Crippen LogP contribution in [0.4, 0.5) is 4.39 Å². The molecule has 0 amide bonds. The number of pyridine rings is 1. The zero-order valence-electron chi connectivity index (χ0n) is 16.6. The number of halogens is 1. The zero-order valence-corrected chi connectivity index (χ0v) is 16.6. The molecular formula is C22H21FN4O3. The van der Waals surface area contributed by atoms with Crippen LogP contribution in [0.25, 0.3) is 27.8 Å². The molecule has 0 saturated heterocycles. The highest BCUT2D eigenvalue weighted by atomic mass is 19.1. The Morgan fingerprint density at radius 2 is 2.00 bits per heavy atom. The third-order valence-electron chi connectivity index (χ3n) is 6.03. The molecular weight excluding hydrogens is 387 g/mol. The fraction of sp³-hybridized carbons (Fsp3) is 0.318. The standard InChI is InChI=1S/C22H21FN4O3/c1-11(2)19-17(13-8-22(30,9-13)21(28)29)18-16(7-12-10-24-26-20(12)25-18)27(19)15-5-3-14(23)4-6-15/h3-7,10-11,13,30H,8-9H2,1-2H3,(H,28,29)(H,24,25,26). The fourth-order valence-corrected chi connectivity index (χ4v) is 4.58. The van der Waals surface area contributed by atoms with Crippen LogP contribution in [0.1, 0.15) is 49.8 Å². The number of aliphatic carboxylic acids is 1. The van der Waals surface area contributed by atoms with Gasteiger partial charge in [0, 0.05) is 22.3 Å². The van der Waals surface area contributed by atoms with Crippen molar-refractivity contribution in [2.45, 2.75) is 44.1 Å². The lowest BCUT2D eigenvalue weighted by Crippen LogP contribution is -2.49. The van der Waals surface area contributed by atoms with E-state index in [0.29, 0.717) is 5.65 Å². The van der Waals surface area contributed by atoms with Crippen molar-refractivity contribution in [2.75, 3.05) is 0 Å². The monoisotopic (exact) mass is 408 g/mol. The fourth-order valence-electron chi connectivity index (χ4n) is 4.58. The predicted octanol–water partition coefficient (Wildman–Crippen LogP) is 3.86. The Labute approximate surface area is 171 Å². The minimum Gasteiger partial charge on any atom is -0.479 e. The number of fused-ring (bicyclic) bond motifs is 2.